The number of carbonyl (C=O) groups is 2. The third-order valence-corrected chi connectivity index (χ3v) is 15.7. The molecule has 0 aromatic carbocycles. The smallest absolute Gasteiger partial charge is 0.305 e. The molecule has 3 N–H and O–H groups in total. The van der Waals surface area contributed by atoms with Crippen LogP contribution in [0.4, 0.5) is 0 Å². The number of hydrogen-bond acceptors (Lipinski definition) is 5. The highest BCUT2D eigenvalue weighted by Crippen LogP contribution is 2.18. The number of unbranched alkanes of at least 4 members (excludes halogenated alkanes) is 48. The zero-order valence-corrected chi connectivity index (χ0v) is 50.5. The van der Waals surface area contributed by atoms with Crippen LogP contribution in [0.3, 0.4) is 0 Å². The number of carbonyl (C=O) groups excluding carboxylic acids is 2. The molecule has 1 amide bonds. The van der Waals surface area contributed by atoms with Gasteiger partial charge in [-0.15, -0.1) is 0 Å². The van der Waals surface area contributed by atoms with Crippen molar-refractivity contribution in [2.45, 2.75) is 379 Å². The Balaban J connectivity index is 3.48. The van der Waals surface area contributed by atoms with E-state index < -0.39 is 12.1 Å². The van der Waals surface area contributed by atoms with Gasteiger partial charge >= 0.3 is 5.97 Å². The molecule has 0 fully saturated rings. The Hall–Kier alpha value is -1.92. The Morgan fingerprint density at radius 3 is 1.01 bits per heavy atom. The number of aliphatic hydroxyl groups is 2. The first-order valence-corrected chi connectivity index (χ1v) is 33.8. The number of ether oxygens (including phenoxy) is 1. The molecule has 0 heterocycles. The summed E-state index contributed by atoms with van der Waals surface area (Å²) in [5.74, 6) is -0.0684. The molecule has 2 atom stereocenters. The van der Waals surface area contributed by atoms with Gasteiger partial charge in [0.1, 0.15) is 0 Å². The van der Waals surface area contributed by atoms with Crippen molar-refractivity contribution < 1.29 is 24.5 Å². The third-order valence-electron chi connectivity index (χ3n) is 15.7. The van der Waals surface area contributed by atoms with E-state index in [1.54, 1.807) is 6.08 Å². The van der Waals surface area contributed by atoms with Crippen molar-refractivity contribution in [2.24, 2.45) is 0 Å². The number of hydrogen-bond donors (Lipinski definition) is 3. The minimum absolute atomic E-state index is 0.00655. The van der Waals surface area contributed by atoms with Crippen LogP contribution in [-0.2, 0) is 14.3 Å². The van der Waals surface area contributed by atoms with Gasteiger partial charge in [0, 0.05) is 12.8 Å². The van der Waals surface area contributed by atoms with Crippen molar-refractivity contribution in [3.63, 3.8) is 0 Å². The number of allylic oxidation sites excluding steroid dienone is 5. The number of nitrogens with one attached hydrogen (secondary N) is 1. The number of esters is 1. The fraction of sp³-hybridized carbons (Fsp3) is 0.884. The van der Waals surface area contributed by atoms with Crippen LogP contribution in [0.25, 0.3) is 0 Å². The average Bonchev–Trinajstić information content (AvgIpc) is 3.41. The summed E-state index contributed by atoms with van der Waals surface area (Å²) in [6, 6.07) is -0.637. The molecule has 6 nitrogen and oxygen atoms in total. The molecule has 6 heteroatoms. The molecule has 0 aromatic rings. The molecule has 75 heavy (non-hydrogen) atoms. The zero-order chi connectivity index (χ0) is 54.3. The molecule has 0 saturated carbocycles. The summed E-state index contributed by atoms with van der Waals surface area (Å²) in [5.41, 5.74) is 0. The van der Waals surface area contributed by atoms with Gasteiger partial charge in [-0.05, 0) is 64.2 Å². The molecule has 0 aliphatic heterocycles. The van der Waals surface area contributed by atoms with Gasteiger partial charge in [0.25, 0.3) is 0 Å². The first kappa shape index (κ1) is 73.1. The predicted molar refractivity (Wildman–Crippen MR) is 329 cm³/mol. The maximum absolute atomic E-state index is 12.5. The van der Waals surface area contributed by atoms with Gasteiger partial charge in [0.2, 0.25) is 5.91 Å². The minimum Gasteiger partial charge on any atom is -0.466 e. The van der Waals surface area contributed by atoms with E-state index in [9.17, 15) is 19.8 Å². The quantitative estimate of drug-likeness (QED) is 0.0320. The Kier molecular flexibility index (Phi) is 63.0. The largest absolute Gasteiger partial charge is 0.466 e. The molecular weight excluding hydrogens is 923 g/mol. The lowest BCUT2D eigenvalue weighted by Gasteiger charge is -2.20. The second kappa shape index (κ2) is 64.6. The van der Waals surface area contributed by atoms with Crippen molar-refractivity contribution in [2.75, 3.05) is 13.2 Å². The number of rotatable bonds is 63. The van der Waals surface area contributed by atoms with E-state index in [-0.39, 0.29) is 18.5 Å². The van der Waals surface area contributed by atoms with Crippen LogP contribution in [0.5, 0.6) is 0 Å². The van der Waals surface area contributed by atoms with Crippen molar-refractivity contribution in [3.05, 3.63) is 36.5 Å². The third kappa shape index (κ3) is 61.2. The monoisotopic (exact) mass is 1050 g/mol. The second-order valence-corrected chi connectivity index (χ2v) is 23.2. The van der Waals surface area contributed by atoms with Crippen LogP contribution >= 0.6 is 0 Å². The zero-order valence-electron chi connectivity index (χ0n) is 50.5. The van der Waals surface area contributed by atoms with Crippen LogP contribution in [0.1, 0.15) is 367 Å². The van der Waals surface area contributed by atoms with Gasteiger partial charge in [-0.25, -0.2) is 0 Å². The Morgan fingerprint density at radius 1 is 0.373 bits per heavy atom. The first-order chi connectivity index (χ1) is 37.0. The molecule has 0 spiro atoms. The van der Waals surface area contributed by atoms with Crippen LogP contribution in [-0.4, -0.2) is 47.4 Å². The van der Waals surface area contributed by atoms with Crippen LogP contribution < -0.4 is 5.32 Å². The summed E-state index contributed by atoms with van der Waals surface area (Å²) < 4.78 is 5.46. The summed E-state index contributed by atoms with van der Waals surface area (Å²) >= 11 is 0. The predicted octanol–water partition coefficient (Wildman–Crippen LogP) is 21.5. The number of aliphatic hydroxyl groups excluding tert-OH is 2. The standard InChI is InChI=1S/C69H131NO5/c1-3-5-7-9-11-13-15-16-17-18-19-20-21-23-26-29-32-35-38-42-45-49-53-57-61-67(72)66(65-71)70-68(73)62-58-54-50-46-43-39-36-33-30-27-24-22-25-28-31-34-37-40-44-48-52-56-60-64-75-69(74)63-59-55-51-47-41-14-12-10-8-6-4-2/h22,25,27,30,57,61,66-67,71-72H,3-21,23-24,26,28-29,31-56,58-60,62-65H2,1-2H3,(H,70,73)/b25-22-,30-27-,61-57+. The maximum atomic E-state index is 12.5. The van der Waals surface area contributed by atoms with Crippen LogP contribution in [0.15, 0.2) is 36.5 Å². The van der Waals surface area contributed by atoms with Gasteiger partial charge in [-0.1, -0.05) is 326 Å². The molecule has 2 unspecified atom stereocenters. The molecule has 0 rings (SSSR count). The van der Waals surface area contributed by atoms with Gasteiger partial charge in [-0.3, -0.25) is 9.59 Å². The second-order valence-electron chi connectivity index (χ2n) is 23.2. The molecule has 0 saturated heterocycles. The van der Waals surface area contributed by atoms with Gasteiger partial charge in [-0.2, -0.15) is 0 Å². The van der Waals surface area contributed by atoms with E-state index in [1.807, 2.05) is 6.08 Å². The maximum Gasteiger partial charge on any atom is 0.305 e. The van der Waals surface area contributed by atoms with E-state index in [1.165, 1.54) is 283 Å². The number of amides is 1. The van der Waals surface area contributed by atoms with Gasteiger partial charge in [0.05, 0.1) is 25.4 Å². The fourth-order valence-corrected chi connectivity index (χ4v) is 10.5. The Morgan fingerprint density at radius 2 is 0.667 bits per heavy atom. The highest BCUT2D eigenvalue weighted by molar-refractivity contribution is 5.76. The molecule has 0 aliphatic carbocycles. The lowest BCUT2D eigenvalue weighted by atomic mass is 10.0. The van der Waals surface area contributed by atoms with Crippen LogP contribution in [0.2, 0.25) is 0 Å². The minimum atomic E-state index is -0.853. The fourth-order valence-electron chi connectivity index (χ4n) is 10.5. The summed E-state index contributed by atoms with van der Waals surface area (Å²) in [6.45, 7) is 4.92. The van der Waals surface area contributed by atoms with E-state index >= 15 is 0 Å². The van der Waals surface area contributed by atoms with E-state index in [4.69, 9.17) is 4.74 Å². The Labute approximate surface area is 468 Å². The first-order valence-electron chi connectivity index (χ1n) is 33.8. The van der Waals surface area contributed by atoms with Crippen molar-refractivity contribution in [1.29, 1.82) is 0 Å². The lowest BCUT2D eigenvalue weighted by Crippen LogP contribution is -2.45. The highest BCUT2D eigenvalue weighted by atomic mass is 16.5. The molecule has 0 aromatic heterocycles. The van der Waals surface area contributed by atoms with E-state index in [0.29, 0.717) is 19.4 Å². The van der Waals surface area contributed by atoms with Crippen molar-refractivity contribution in [1.82, 2.24) is 5.32 Å². The summed E-state index contributed by atoms with van der Waals surface area (Å²) in [5, 5.41) is 23.2. The van der Waals surface area contributed by atoms with Crippen LogP contribution in [0, 0.1) is 0 Å². The molecule has 442 valence electrons. The molecular formula is C69H131NO5. The summed E-state index contributed by atoms with van der Waals surface area (Å²) in [6.07, 6.45) is 82.1. The molecule has 0 bridgehead atoms. The average molecular weight is 1050 g/mol. The SMILES string of the molecule is CCCCCCCCCCCCCCCCCCCCCCCC/C=C/C(O)C(CO)NC(=O)CCCCCCCCC/C=C\C/C=C\CCCCCCCCCCCOC(=O)CCCCCCCCCCCCC. The summed E-state index contributed by atoms with van der Waals surface area (Å²) in [7, 11) is 0. The lowest BCUT2D eigenvalue weighted by molar-refractivity contribution is -0.143. The highest BCUT2D eigenvalue weighted by Gasteiger charge is 2.18. The van der Waals surface area contributed by atoms with E-state index in [2.05, 4.69) is 43.5 Å². The van der Waals surface area contributed by atoms with Crippen molar-refractivity contribution in [3.8, 4) is 0 Å². The van der Waals surface area contributed by atoms with Crippen molar-refractivity contribution >= 4 is 11.9 Å². The Bertz CT molecular complexity index is 1210. The molecule has 0 aliphatic rings. The van der Waals surface area contributed by atoms with Gasteiger partial charge < -0.3 is 20.3 Å². The molecule has 0 radical (unpaired) electrons. The van der Waals surface area contributed by atoms with Gasteiger partial charge in [0.15, 0.2) is 0 Å². The van der Waals surface area contributed by atoms with E-state index in [0.717, 1.165) is 57.8 Å². The normalized spacial score (nSPS) is 12.7. The summed E-state index contributed by atoms with van der Waals surface area (Å²) in [4.78, 5) is 24.5. The topological polar surface area (TPSA) is 95.9 Å².